The van der Waals surface area contributed by atoms with E-state index >= 15 is 0 Å². The van der Waals surface area contributed by atoms with E-state index < -0.39 is 24.3 Å². The first-order chi connectivity index (χ1) is 11.3. The molecule has 8 heteroatoms. The Hall–Kier alpha value is -2.25. The van der Waals surface area contributed by atoms with Gasteiger partial charge in [-0.05, 0) is 37.0 Å². The van der Waals surface area contributed by atoms with Gasteiger partial charge in [-0.25, -0.2) is 0 Å². The second kappa shape index (κ2) is 8.03. The molecule has 24 heavy (non-hydrogen) atoms. The Morgan fingerprint density at radius 3 is 2.46 bits per heavy atom. The molecule has 0 aliphatic heterocycles. The average molecular weight is 344 g/mol. The number of hydrogen-bond acceptors (Lipinski definition) is 3. The molecule has 1 aromatic carbocycles. The van der Waals surface area contributed by atoms with Gasteiger partial charge in [0.15, 0.2) is 6.61 Å². The number of amides is 2. The van der Waals surface area contributed by atoms with Crippen molar-refractivity contribution < 1.29 is 27.5 Å². The monoisotopic (exact) mass is 344 g/mol. The lowest BCUT2D eigenvalue weighted by Crippen LogP contribution is -2.44. The van der Waals surface area contributed by atoms with Crippen molar-refractivity contribution in [2.24, 2.45) is 5.92 Å². The number of hydrogen-bond donors (Lipinski definition) is 2. The van der Waals surface area contributed by atoms with Crippen LogP contribution < -0.4 is 15.6 Å². The number of benzene rings is 1. The van der Waals surface area contributed by atoms with Crippen LogP contribution in [0.5, 0.6) is 5.75 Å². The fourth-order valence-corrected chi connectivity index (χ4v) is 2.61. The topological polar surface area (TPSA) is 67.4 Å². The maximum atomic E-state index is 12.6. The molecule has 1 aromatic rings. The Labute approximate surface area is 137 Å². The molecule has 0 bridgehead atoms. The molecule has 2 N–H and O–H groups in total. The van der Waals surface area contributed by atoms with E-state index in [1.54, 1.807) is 0 Å². The van der Waals surface area contributed by atoms with Crippen LogP contribution in [0.15, 0.2) is 24.3 Å². The lowest BCUT2D eigenvalue weighted by atomic mass is 10.0. The van der Waals surface area contributed by atoms with Crippen molar-refractivity contribution in [3.8, 4) is 5.75 Å². The molecular formula is C16H19F3N2O3. The summed E-state index contributed by atoms with van der Waals surface area (Å²) in [6.45, 7) is -0.495. The highest BCUT2D eigenvalue weighted by Gasteiger charge is 2.30. The van der Waals surface area contributed by atoms with E-state index in [0.717, 1.165) is 37.8 Å². The van der Waals surface area contributed by atoms with Gasteiger partial charge in [-0.1, -0.05) is 18.9 Å². The van der Waals surface area contributed by atoms with Gasteiger partial charge in [-0.15, -0.1) is 0 Å². The summed E-state index contributed by atoms with van der Waals surface area (Å²) in [5, 5.41) is 0. The normalized spacial score (nSPS) is 15.1. The van der Waals surface area contributed by atoms with E-state index in [2.05, 4.69) is 10.9 Å². The largest absolute Gasteiger partial charge is 0.484 e. The average Bonchev–Trinajstić information content (AvgIpc) is 3.03. The molecule has 0 heterocycles. The van der Waals surface area contributed by atoms with Gasteiger partial charge in [0.1, 0.15) is 5.75 Å². The highest BCUT2D eigenvalue weighted by Crippen LogP contribution is 2.31. The summed E-state index contributed by atoms with van der Waals surface area (Å²) in [6.07, 6.45) is 0.148. The predicted octanol–water partition coefficient (Wildman–Crippen LogP) is 2.81. The third-order valence-electron chi connectivity index (χ3n) is 3.82. The number of halogens is 3. The number of nitrogens with one attached hydrogen (secondary N) is 2. The van der Waals surface area contributed by atoms with Crippen LogP contribution in [-0.2, 0) is 15.8 Å². The fraction of sp³-hybridized carbons (Fsp3) is 0.500. The van der Waals surface area contributed by atoms with Crippen LogP contribution in [0.4, 0.5) is 13.2 Å². The zero-order valence-electron chi connectivity index (χ0n) is 13.0. The minimum Gasteiger partial charge on any atom is -0.484 e. The molecule has 1 fully saturated rings. The molecule has 0 radical (unpaired) electrons. The number of carbonyl (C=O) groups excluding carboxylic acids is 2. The fourth-order valence-electron chi connectivity index (χ4n) is 2.61. The Balaban J connectivity index is 1.72. The summed E-state index contributed by atoms with van der Waals surface area (Å²) in [5.74, 6) is -0.651. The zero-order valence-corrected chi connectivity index (χ0v) is 13.0. The summed E-state index contributed by atoms with van der Waals surface area (Å²) >= 11 is 0. The maximum absolute atomic E-state index is 12.6. The molecule has 132 valence electrons. The van der Waals surface area contributed by atoms with Crippen LogP contribution in [0.3, 0.4) is 0 Å². The molecular weight excluding hydrogens is 325 g/mol. The van der Waals surface area contributed by atoms with Crippen LogP contribution in [0.1, 0.15) is 37.7 Å². The third-order valence-corrected chi connectivity index (χ3v) is 3.82. The Bertz CT molecular complexity index is 584. The quantitative estimate of drug-likeness (QED) is 0.807. The van der Waals surface area contributed by atoms with Crippen LogP contribution in [0, 0.1) is 5.92 Å². The first-order valence-corrected chi connectivity index (χ1v) is 7.72. The van der Waals surface area contributed by atoms with Crippen molar-refractivity contribution in [1.82, 2.24) is 10.9 Å². The number of ether oxygens (including phenoxy) is 1. The smallest absolute Gasteiger partial charge is 0.416 e. The molecule has 1 saturated carbocycles. The summed E-state index contributed by atoms with van der Waals surface area (Å²) in [6, 6.07) is 4.24. The number of alkyl halides is 3. The molecule has 0 saturated heterocycles. The summed E-state index contributed by atoms with van der Waals surface area (Å²) < 4.78 is 42.7. The summed E-state index contributed by atoms with van der Waals surface area (Å²) in [4.78, 5) is 23.2. The van der Waals surface area contributed by atoms with Gasteiger partial charge in [0, 0.05) is 6.42 Å². The summed E-state index contributed by atoms with van der Waals surface area (Å²) in [7, 11) is 0. The summed E-state index contributed by atoms with van der Waals surface area (Å²) in [5.41, 5.74) is 3.61. The second-order valence-electron chi connectivity index (χ2n) is 5.77. The highest BCUT2D eigenvalue weighted by molar-refractivity contribution is 5.82. The lowest BCUT2D eigenvalue weighted by molar-refractivity contribution is -0.137. The van der Waals surface area contributed by atoms with Crippen molar-refractivity contribution in [2.75, 3.05) is 6.61 Å². The van der Waals surface area contributed by atoms with Gasteiger partial charge in [0.2, 0.25) is 5.91 Å². The highest BCUT2D eigenvalue weighted by atomic mass is 19.4. The van der Waals surface area contributed by atoms with E-state index in [1.165, 1.54) is 12.1 Å². The first kappa shape index (κ1) is 18.1. The van der Waals surface area contributed by atoms with Gasteiger partial charge in [0.05, 0.1) is 5.56 Å². The van der Waals surface area contributed by atoms with Gasteiger partial charge in [-0.2, -0.15) is 13.2 Å². The molecule has 0 atom stereocenters. The van der Waals surface area contributed by atoms with E-state index in [1.807, 2.05) is 0 Å². The molecule has 1 aliphatic carbocycles. The predicted molar refractivity (Wildman–Crippen MR) is 79.8 cm³/mol. The standard InChI is InChI=1S/C16H19F3N2O3/c17-16(18,19)12-6-3-7-13(9-12)24-10-15(23)21-20-14(22)8-11-4-1-2-5-11/h3,6-7,9,11H,1-2,4-5,8,10H2,(H,20,22)(H,21,23). The van der Waals surface area contributed by atoms with E-state index in [0.29, 0.717) is 12.3 Å². The van der Waals surface area contributed by atoms with E-state index in [-0.39, 0.29) is 11.7 Å². The van der Waals surface area contributed by atoms with Gasteiger partial charge in [-0.3, -0.25) is 20.4 Å². The van der Waals surface area contributed by atoms with Crippen molar-refractivity contribution in [2.45, 2.75) is 38.3 Å². The first-order valence-electron chi connectivity index (χ1n) is 7.72. The molecule has 0 spiro atoms. The second-order valence-corrected chi connectivity index (χ2v) is 5.77. The zero-order chi connectivity index (χ0) is 17.6. The van der Waals surface area contributed by atoms with Gasteiger partial charge in [0.25, 0.3) is 5.91 Å². The van der Waals surface area contributed by atoms with Gasteiger partial charge < -0.3 is 4.74 Å². The Kier molecular flexibility index (Phi) is 6.05. The number of rotatable bonds is 5. The van der Waals surface area contributed by atoms with Crippen LogP contribution >= 0.6 is 0 Å². The Morgan fingerprint density at radius 2 is 1.79 bits per heavy atom. The van der Waals surface area contributed by atoms with Crippen LogP contribution in [0.25, 0.3) is 0 Å². The SMILES string of the molecule is O=C(COc1cccc(C(F)(F)F)c1)NNC(=O)CC1CCCC1. The van der Waals surface area contributed by atoms with Gasteiger partial charge >= 0.3 is 6.18 Å². The molecule has 0 unspecified atom stereocenters. The molecule has 1 aliphatic rings. The molecule has 0 aromatic heterocycles. The molecule has 5 nitrogen and oxygen atoms in total. The minimum atomic E-state index is -4.48. The molecule has 2 amide bonds. The van der Waals surface area contributed by atoms with E-state index in [4.69, 9.17) is 4.74 Å². The Morgan fingerprint density at radius 1 is 1.12 bits per heavy atom. The number of hydrazine groups is 1. The van der Waals surface area contributed by atoms with E-state index in [9.17, 15) is 22.8 Å². The van der Waals surface area contributed by atoms with Crippen molar-refractivity contribution in [3.63, 3.8) is 0 Å². The van der Waals surface area contributed by atoms with Crippen molar-refractivity contribution in [3.05, 3.63) is 29.8 Å². The minimum absolute atomic E-state index is 0.0720. The maximum Gasteiger partial charge on any atom is 0.416 e. The van der Waals surface area contributed by atoms with Crippen LogP contribution in [0.2, 0.25) is 0 Å². The van der Waals surface area contributed by atoms with Crippen LogP contribution in [-0.4, -0.2) is 18.4 Å². The molecule has 2 rings (SSSR count). The van der Waals surface area contributed by atoms with Crippen molar-refractivity contribution in [1.29, 1.82) is 0 Å². The third kappa shape index (κ3) is 5.75. The lowest BCUT2D eigenvalue weighted by Gasteiger charge is -2.12. The number of carbonyl (C=O) groups is 2. The van der Waals surface area contributed by atoms with Crippen molar-refractivity contribution >= 4 is 11.8 Å².